The normalized spacial score (nSPS) is 14.1. The fraction of sp³-hybridized carbons (Fsp3) is 0.111. The van der Waals surface area contributed by atoms with E-state index < -0.39 is 5.60 Å². The summed E-state index contributed by atoms with van der Waals surface area (Å²) in [6.45, 7) is 3.74. The maximum atomic E-state index is 10.8. The molecule has 1 N–H and O–H groups in total. The minimum absolute atomic E-state index is 0.476. The molecule has 0 aliphatic heterocycles. The molecular weight excluding hydrogens is 312 g/mol. The number of halogens is 1. The van der Waals surface area contributed by atoms with Crippen LogP contribution >= 0.6 is 15.9 Å². The number of aliphatic hydroxyl groups is 1. The van der Waals surface area contributed by atoms with Crippen LogP contribution in [-0.2, 0) is 5.60 Å². The largest absolute Gasteiger partial charge is 0.381 e. The molecule has 0 aliphatic carbocycles. The highest BCUT2D eigenvalue weighted by molar-refractivity contribution is 9.10. The van der Waals surface area contributed by atoms with E-state index in [1.54, 1.807) is 6.08 Å². The number of hydrogen-bond acceptors (Lipinski definition) is 1. The fourth-order valence-electron chi connectivity index (χ4n) is 2.04. The van der Waals surface area contributed by atoms with Crippen LogP contribution in [0.3, 0.4) is 0 Å². The SMILES string of the molecule is C=CCC(O)(/C=C/c1ccc(Br)cc1)c1ccccc1. The molecule has 0 radical (unpaired) electrons. The molecule has 2 heteroatoms. The third-order valence-corrected chi connectivity index (χ3v) is 3.68. The Morgan fingerprint density at radius 2 is 1.70 bits per heavy atom. The molecule has 0 bridgehead atoms. The molecule has 2 aromatic rings. The fourth-order valence-corrected chi connectivity index (χ4v) is 2.30. The van der Waals surface area contributed by atoms with Crippen LogP contribution < -0.4 is 0 Å². The monoisotopic (exact) mass is 328 g/mol. The Hall–Kier alpha value is -1.64. The van der Waals surface area contributed by atoms with E-state index in [4.69, 9.17) is 0 Å². The van der Waals surface area contributed by atoms with E-state index in [1.807, 2.05) is 66.7 Å². The number of hydrogen-bond donors (Lipinski definition) is 1. The third kappa shape index (κ3) is 3.69. The highest BCUT2D eigenvalue weighted by Gasteiger charge is 2.23. The minimum atomic E-state index is -1.02. The summed E-state index contributed by atoms with van der Waals surface area (Å²) in [5, 5.41) is 10.8. The molecule has 0 aliphatic rings. The number of rotatable bonds is 5. The Morgan fingerprint density at radius 1 is 1.05 bits per heavy atom. The van der Waals surface area contributed by atoms with Gasteiger partial charge in [0.05, 0.1) is 0 Å². The first-order chi connectivity index (χ1) is 9.64. The van der Waals surface area contributed by atoms with Crippen molar-refractivity contribution in [2.75, 3.05) is 0 Å². The first-order valence-corrected chi connectivity index (χ1v) is 7.27. The molecule has 2 rings (SSSR count). The lowest BCUT2D eigenvalue weighted by atomic mass is 9.89. The van der Waals surface area contributed by atoms with Crippen molar-refractivity contribution in [1.29, 1.82) is 0 Å². The zero-order chi connectivity index (χ0) is 14.4. The second kappa shape index (κ2) is 6.69. The van der Waals surface area contributed by atoms with Crippen molar-refractivity contribution in [3.63, 3.8) is 0 Å². The minimum Gasteiger partial charge on any atom is -0.381 e. The number of benzene rings is 2. The van der Waals surface area contributed by atoms with Gasteiger partial charge in [-0.2, -0.15) is 0 Å². The quantitative estimate of drug-likeness (QED) is 0.772. The van der Waals surface area contributed by atoms with Crippen LogP contribution in [0.15, 0.2) is 77.8 Å². The second-order valence-corrected chi connectivity index (χ2v) is 5.58. The maximum absolute atomic E-state index is 10.8. The van der Waals surface area contributed by atoms with Crippen LogP contribution in [0.5, 0.6) is 0 Å². The summed E-state index contributed by atoms with van der Waals surface area (Å²) in [6.07, 6.45) is 5.97. The van der Waals surface area contributed by atoms with Gasteiger partial charge in [0.15, 0.2) is 0 Å². The molecule has 0 spiro atoms. The summed E-state index contributed by atoms with van der Waals surface area (Å²) in [4.78, 5) is 0. The predicted octanol–water partition coefficient (Wildman–Crippen LogP) is 4.93. The molecule has 20 heavy (non-hydrogen) atoms. The molecule has 0 saturated heterocycles. The zero-order valence-corrected chi connectivity index (χ0v) is 12.8. The van der Waals surface area contributed by atoms with Crippen molar-refractivity contribution < 1.29 is 5.11 Å². The van der Waals surface area contributed by atoms with Gasteiger partial charge in [-0.1, -0.05) is 70.5 Å². The summed E-state index contributed by atoms with van der Waals surface area (Å²) in [5.41, 5.74) is 0.899. The highest BCUT2D eigenvalue weighted by atomic mass is 79.9. The van der Waals surface area contributed by atoms with Gasteiger partial charge in [-0.15, -0.1) is 6.58 Å². The first-order valence-electron chi connectivity index (χ1n) is 6.48. The van der Waals surface area contributed by atoms with E-state index in [2.05, 4.69) is 22.5 Å². The van der Waals surface area contributed by atoms with Gasteiger partial charge in [0.25, 0.3) is 0 Å². The Bertz CT molecular complexity index is 587. The van der Waals surface area contributed by atoms with Crippen LogP contribution in [0.4, 0.5) is 0 Å². The van der Waals surface area contributed by atoms with Gasteiger partial charge in [-0.3, -0.25) is 0 Å². The molecule has 1 unspecified atom stereocenters. The second-order valence-electron chi connectivity index (χ2n) is 4.67. The molecule has 0 fully saturated rings. The lowest BCUT2D eigenvalue weighted by molar-refractivity contribution is 0.0938. The van der Waals surface area contributed by atoms with Crippen LogP contribution in [0, 0.1) is 0 Å². The van der Waals surface area contributed by atoms with Crippen LogP contribution in [-0.4, -0.2) is 5.11 Å². The lowest BCUT2D eigenvalue weighted by Crippen LogP contribution is -2.21. The van der Waals surface area contributed by atoms with Crippen LogP contribution in [0.25, 0.3) is 6.08 Å². The molecule has 2 aromatic carbocycles. The first kappa shape index (κ1) is 14.8. The van der Waals surface area contributed by atoms with E-state index in [9.17, 15) is 5.11 Å². The summed E-state index contributed by atoms with van der Waals surface area (Å²) in [7, 11) is 0. The third-order valence-electron chi connectivity index (χ3n) is 3.15. The maximum Gasteiger partial charge on any atom is 0.111 e. The van der Waals surface area contributed by atoms with E-state index in [0.29, 0.717) is 6.42 Å². The molecule has 1 atom stereocenters. The predicted molar refractivity (Wildman–Crippen MR) is 88.3 cm³/mol. The van der Waals surface area contributed by atoms with Crippen molar-refractivity contribution in [3.05, 3.63) is 88.9 Å². The topological polar surface area (TPSA) is 20.2 Å². The van der Waals surface area contributed by atoms with Crippen LogP contribution in [0.1, 0.15) is 17.5 Å². The Morgan fingerprint density at radius 3 is 2.30 bits per heavy atom. The standard InChI is InChI=1S/C18H17BrO/c1-2-13-18(20,16-6-4-3-5-7-16)14-12-15-8-10-17(19)11-9-15/h2-12,14,20H,1,13H2/b14-12+. The van der Waals surface area contributed by atoms with E-state index in [1.165, 1.54) is 0 Å². The molecule has 1 nitrogen and oxygen atoms in total. The van der Waals surface area contributed by atoms with Gasteiger partial charge >= 0.3 is 0 Å². The van der Waals surface area contributed by atoms with Gasteiger partial charge < -0.3 is 5.11 Å². The van der Waals surface area contributed by atoms with Gasteiger partial charge in [0.1, 0.15) is 5.60 Å². The van der Waals surface area contributed by atoms with Crippen molar-refractivity contribution in [2.24, 2.45) is 0 Å². The molecular formula is C18H17BrO. The van der Waals surface area contributed by atoms with Gasteiger partial charge in [-0.25, -0.2) is 0 Å². The average Bonchev–Trinajstić information content (AvgIpc) is 2.48. The van der Waals surface area contributed by atoms with E-state index in [0.717, 1.165) is 15.6 Å². The van der Waals surface area contributed by atoms with Crippen molar-refractivity contribution in [3.8, 4) is 0 Å². The van der Waals surface area contributed by atoms with Gasteiger partial charge in [0.2, 0.25) is 0 Å². The van der Waals surface area contributed by atoms with E-state index >= 15 is 0 Å². The molecule has 0 aromatic heterocycles. The molecule has 0 saturated carbocycles. The molecule has 0 heterocycles. The Kier molecular flexibility index (Phi) is 4.94. The smallest absolute Gasteiger partial charge is 0.111 e. The van der Waals surface area contributed by atoms with E-state index in [-0.39, 0.29) is 0 Å². The molecule has 102 valence electrons. The summed E-state index contributed by atoms with van der Waals surface area (Å²) in [5.74, 6) is 0. The summed E-state index contributed by atoms with van der Waals surface area (Å²) in [6, 6.07) is 17.6. The molecule has 0 amide bonds. The van der Waals surface area contributed by atoms with Crippen molar-refractivity contribution >= 4 is 22.0 Å². The summed E-state index contributed by atoms with van der Waals surface area (Å²) < 4.78 is 1.04. The highest BCUT2D eigenvalue weighted by Crippen LogP contribution is 2.28. The summed E-state index contributed by atoms with van der Waals surface area (Å²) >= 11 is 3.41. The van der Waals surface area contributed by atoms with Gasteiger partial charge in [-0.05, 0) is 29.3 Å². The Labute approximate surface area is 128 Å². The van der Waals surface area contributed by atoms with Crippen LogP contribution in [0.2, 0.25) is 0 Å². The Balaban J connectivity index is 2.29. The van der Waals surface area contributed by atoms with Gasteiger partial charge in [0, 0.05) is 10.9 Å². The zero-order valence-electron chi connectivity index (χ0n) is 11.2. The lowest BCUT2D eigenvalue weighted by Gasteiger charge is -2.23. The van der Waals surface area contributed by atoms with Crippen molar-refractivity contribution in [1.82, 2.24) is 0 Å². The average molecular weight is 329 g/mol. The van der Waals surface area contributed by atoms with Crippen molar-refractivity contribution in [2.45, 2.75) is 12.0 Å².